The number of esters is 1. The average molecular weight is 390 g/mol. The minimum Gasteiger partial charge on any atom is -0.462 e. The zero-order valence-corrected chi connectivity index (χ0v) is 16.0. The van der Waals surface area contributed by atoms with E-state index in [9.17, 15) is 4.79 Å². The molecule has 0 fully saturated rings. The van der Waals surface area contributed by atoms with Crippen LogP contribution in [-0.4, -0.2) is 22.5 Å². The van der Waals surface area contributed by atoms with Crippen LogP contribution in [0.25, 0.3) is 32.9 Å². The quantitative estimate of drug-likeness (QED) is 0.396. The summed E-state index contributed by atoms with van der Waals surface area (Å²) < 4.78 is 5.14. The minimum absolute atomic E-state index is 0.273. The Morgan fingerprint density at radius 2 is 1.79 bits per heavy atom. The summed E-state index contributed by atoms with van der Waals surface area (Å²) in [6.07, 6.45) is 0. The molecule has 0 aliphatic carbocycles. The normalized spacial score (nSPS) is 10.9. The lowest BCUT2D eigenvalue weighted by molar-refractivity contribution is 0.0533. The molecular formula is C21H18N4O2S. The first-order valence-electron chi connectivity index (χ1n) is 8.77. The van der Waals surface area contributed by atoms with Gasteiger partial charge in [-0.05, 0) is 19.1 Å². The fraction of sp³-hybridized carbons (Fsp3) is 0.0952. The van der Waals surface area contributed by atoms with E-state index in [0.29, 0.717) is 38.0 Å². The number of hydrogen-bond acceptors (Lipinski definition) is 7. The van der Waals surface area contributed by atoms with Crippen LogP contribution in [-0.2, 0) is 4.74 Å². The molecule has 0 radical (unpaired) electrons. The highest BCUT2D eigenvalue weighted by atomic mass is 32.1. The molecule has 6 nitrogen and oxygen atoms in total. The van der Waals surface area contributed by atoms with Crippen molar-refractivity contribution >= 4 is 38.9 Å². The van der Waals surface area contributed by atoms with Crippen LogP contribution in [0, 0.1) is 0 Å². The summed E-state index contributed by atoms with van der Waals surface area (Å²) in [5.41, 5.74) is 15.6. The van der Waals surface area contributed by atoms with E-state index < -0.39 is 5.97 Å². The molecule has 28 heavy (non-hydrogen) atoms. The van der Waals surface area contributed by atoms with Gasteiger partial charge in [0, 0.05) is 16.8 Å². The molecule has 0 aliphatic heterocycles. The Kier molecular flexibility index (Phi) is 4.67. The second-order valence-corrected chi connectivity index (χ2v) is 7.13. The molecule has 0 amide bonds. The number of nitrogen functional groups attached to an aromatic ring is 2. The highest BCUT2D eigenvalue weighted by Crippen LogP contribution is 2.40. The summed E-state index contributed by atoms with van der Waals surface area (Å²) in [6, 6.07) is 17.1. The molecule has 0 atom stereocenters. The van der Waals surface area contributed by atoms with Crippen molar-refractivity contribution in [2.75, 3.05) is 18.1 Å². The third-order valence-corrected chi connectivity index (χ3v) is 5.32. The Hall–Kier alpha value is -3.45. The number of nitrogens with two attached hydrogens (primary N) is 2. The standard InChI is InChI=1S/C21H18N4O2S/c1-2-27-21(26)18-16(23)15-17(13-9-6-10-14(22)11-13)24-19(25-20(15)28-18)12-7-4-3-5-8-12/h3-11H,2,22-23H2,1H3. The van der Waals surface area contributed by atoms with Crippen molar-refractivity contribution in [2.45, 2.75) is 6.92 Å². The van der Waals surface area contributed by atoms with Gasteiger partial charge in [-0.3, -0.25) is 0 Å². The van der Waals surface area contributed by atoms with Gasteiger partial charge >= 0.3 is 5.97 Å². The first-order chi connectivity index (χ1) is 13.6. The van der Waals surface area contributed by atoms with Crippen molar-refractivity contribution in [2.24, 2.45) is 0 Å². The first-order valence-corrected chi connectivity index (χ1v) is 9.58. The number of thiophene rings is 1. The number of hydrogen-bond donors (Lipinski definition) is 2. The van der Waals surface area contributed by atoms with E-state index in [1.807, 2.05) is 48.5 Å². The van der Waals surface area contributed by atoms with E-state index in [0.717, 1.165) is 11.1 Å². The van der Waals surface area contributed by atoms with Crippen LogP contribution in [0.4, 0.5) is 11.4 Å². The molecule has 2 aromatic heterocycles. The number of carbonyl (C=O) groups excluding carboxylic acids is 1. The van der Waals surface area contributed by atoms with Gasteiger partial charge in [-0.15, -0.1) is 11.3 Å². The molecule has 4 N–H and O–H groups in total. The molecule has 140 valence electrons. The van der Waals surface area contributed by atoms with E-state index in [1.54, 1.807) is 13.0 Å². The molecule has 4 rings (SSSR count). The molecular weight excluding hydrogens is 372 g/mol. The van der Waals surface area contributed by atoms with Gasteiger partial charge in [-0.1, -0.05) is 42.5 Å². The largest absolute Gasteiger partial charge is 0.462 e. The maximum Gasteiger partial charge on any atom is 0.350 e. The van der Waals surface area contributed by atoms with Crippen molar-refractivity contribution in [1.29, 1.82) is 0 Å². The monoisotopic (exact) mass is 390 g/mol. The lowest BCUT2D eigenvalue weighted by Crippen LogP contribution is -2.05. The lowest BCUT2D eigenvalue weighted by Gasteiger charge is -2.08. The maximum atomic E-state index is 12.3. The van der Waals surface area contributed by atoms with Gasteiger partial charge < -0.3 is 16.2 Å². The second kappa shape index (κ2) is 7.28. The average Bonchev–Trinajstić information content (AvgIpc) is 3.05. The van der Waals surface area contributed by atoms with Crippen LogP contribution in [0.1, 0.15) is 16.6 Å². The second-order valence-electron chi connectivity index (χ2n) is 6.13. The third-order valence-electron chi connectivity index (χ3n) is 4.24. The Bertz CT molecular complexity index is 1170. The van der Waals surface area contributed by atoms with Gasteiger partial charge in [0.2, 0.25) is 0 Å². The number of fused-ring (bicyclic) bond motifs is 1. The Morgan fingerprint density at radius 3 is 2.50 bits per heavy atom. The molecule has 0 bridgehead atoms. The van der Waals surface area contributed by atoms with Gasteiger partial charge in [0.25, 0.3) is 0 Å². The number of nitrogens with zero attached hydrogens (tertiary/aromatic N) is 2. The molecule has 0 saturated heterocycles. The molecule has 7 heteroatoms. The number of anilines is 2. The SMILES string of the molecule is CCOC(=O)c1sc2nc(-c3ccccc3)nc(-c3cccc(N)c3)c2c1N. The fourth-order valence-electron chi connectivity index (χ4n) is 2.98. The minimum atomic E-state index is -0.456. The maximum absolute atomic E-state index is 12.3. The fourth-order valence-corrected chi connectivity index (χ4v) is 3.97. The van der Waals surface area contributed by atoms with E-state index in [2.05, 4.69) is 4.98 Å². The van der Waals surface area contributed by atoms with Gasteiger partial charge in [-0.25, -0.2) is 14.8 Å². The van der Waals surface area contributed by atoms with E-state index in [4.69, 9.17) is 21.2 Å². The van der Waals surface area contributed by atoms with Crippen LogP contribution < -0.4 is 11.5 Å². The summed E-state index contributed by atoms with van der Waals surface area (Å²) in [6.45, 7) is 2.03. The Balaban J connectivity index is 2.02. The molecule has 2 heterocycles. The van der Waals surface area contributed by atoms with Crippen LogP contribution in [0.15, 0.2) is 54.6 Å². The highest BCUT2D eigenvalue weighted by Gasteiger charge is 2.23. The van der Waals surface area contributed by atoms with Gasteiger partial charge in [0.15, 0.2) is 5.82 Å². The summed E-state index contributed by atoms with van der Waals surface area (Å²) in [5.74, 6) is 0.102. The van der Waals surface area contributed by atoms with Crippen molar-refractivity contribution in [1.82, 2.24) is 9.97 Å². The molecule has 0 unspecified atom stereocenters. The number of rotatable bonds is 4. The summed E-state index contributed by atoms with van der Waals surface area (Å²) in [7, 11) is 0. The predicted octanol–water partition coefficient (Wildman–Crippen LogP) is 4.37. The summed E-state index contributed by atoms with van der Waals surface area (Å²) >= 11 is 1.21. The molecule has 2 aromatic carbocycles. The summed E-state index contributed by atoms with van der Waals surface area (Å²) in [5, 5.41) is 0.637. The smallest absolute Gasteiger partial charge is 0.350 e. The third kappa shape index (κ3) is 3.16. The highest BCUT2D eigenvalue weighted by molar-refractivity contribution is 7.21. The van der Waals surface area contributed by atoms with E-state index >= 15 is 0 Å². The van der Waals surface area contributed by atoms with Crippen molar-refractivity contribution in [3.63, 3.8) is 0 Å². The Morgan fingerprint density at radius 1 is 1.04 bits per heavy atom. The number of benzene rings is 2. The van der Waals surface area contributed by atoms with Crippen molar-refractivity contribution in [3.8, 4) is 22.6 Å². The lowest BCUT2D eigenvalue weighted by atomic mass is 10.1. The van der Waals surface area contributed by atoms with E-state index in [1.165, 1.54) is 11.3 Å². The van der Waals surface area contributed by atoms with Gasteiger partial charge in [-0.2, -0.15) is 0 Å². The number of aromatic nitrogens is 2. The van der Waals surface area contributed by atoms with Crippen molar-refractivity contribution in [3.05, 3.63) is 59.5 Å². The number of ether oxygens (including phenoxy) is 1. The van der Waals surface area contributed by atoms with Crippen molar-refractivity contribution < 1.29 is 9.53 Å². The first kappa shape index (κ1) is 17.9. The number of carbonyl (C=O) groups is 1. The van der Waals surface area contributed by atoms with Gasteiger partial charge in [0.05, 0.1) is 23.4 Å². The Labute approximate surface area is 165 Å². The van der Waals surface area contributed by atoms with Crippen LogP contribution >= 0.6 is 11.3 Å². The van der Waals surface area contributed by atoms with E-state index in [-0.39, 0.29) is 6.61 Å². The van der Waals surface area contributed by atoms with Gasteiger partial charge in [0.1, 0.15) is 9.71 Å². The summed E-state index contributed by atoms with van der Waals surface area (Å²) in [4.78, 5) is 22.7. The van der Waals surface area contributed by atoms with Crippen LogP contribution in [0.3, 0.4) is 0 Å². The zero-order chi connectivity index (χ0) is 19.7. The van der Waals surface area contributed by atoms with Crippen LogP contribution in [0.2, 0.25) is 0 Å². The molecule has 0 aliphatic rings. The topological polar surface area (TPSA) is 104 Å². The molecule has 0 saturated carbocycles. The zero-order valence-electron chi connectivity index (χ0n) is 15.2. The molecule has 4 aromatic rings. The predicted molar refractivity (Wildman–Crippen MR) is 113 cm³/mol. The van der Waals surface area contributed by atoms with Crippen LogP contribution in [0.5, 0.6) is 0 Å². The molecule has 0 spiro atoms.